The van der Waals surface area contributed by atoms with Crippen molar-refractivity contribution in [3.05, 3.63) is 30.1 Å². The summed E-state index contributed by atoms with van der Waals surface area (Å²) in [5.74, 6) is 5.47. The summed E-state index contributed by atoms with van der Waals surface area (Å²) in [7, 11) is 0. The van der Waals surface area contributed by atoms with Gasteiger partial charge in [-0.3, -0.25) is 0 Å². The average molecular weight is 191 g/mol. The SMILES string of the molecule is CCCC#CCOc1ccc[c]c1F. The third-order valence-corrected chi connectivity index (χ3v) is 1.57. The summed E-state index contributed by atoms with van der Waals surface area (Å²) in [6.07, 6.45) is 1.88. The first-order valence-electron chi connectivity index (χ1n) is 4.59. The van der Waals surface area contributed by atoms with Gasteiger partial charge < -0.3 is 4.74 Å². The van der Waals surface area contributed by atoms with Crippen LogP contribution in [0.1, 0.15) is 19.8 Å². The molecule has 14 heavy (non-hydrogen) atoms. The van der Waals surface area contributed by atoms with Gasteiger partial charge in [0.25, 0.3) is 0 Å². The van der Waals surface area contributed by atoms with Crippen LogP contribution in [0.2, 0.25) is 0 Å². The largest absolute Gasteiger partial charge is 0.478 e. The Morgan fingerprint density at radius 1 is 1.50 bits per heavy atom. The Hall–Kier alpha value is -1.49. The molecular formula is C12H12FO. The zero-order chi connectivity index (χ0) is 10.2. The molecular weight excluding hydrogens is 179 g/mol. The van der Waals surface area contributed by atoms with Crippen LogP contribution in [0.25, 0.3) is 0 Å². The second-order valence-electron chi connectivity index (χ2n) is 2.74. The normalized spacial score (nSPS) is 9.00. The smallest absolute Gasteiger partial charge is 0.173 e. The van der Waals surface area contributed by atoms with E-state index in [1.165, 1.54) is 6.07 Å². The lowest BCUT2D eigenvalue weighted by molar-refractivity contribution is 0.347. The van der Waals surface area contributed by atoms with Gasteiger partial charge in [0, 0.05) is 12.5 Å². The lowest BCUT2D eigenvalue weighted by Gasteiger charge is -2.01. The minimum atomic E-state index is -0.468. The summed E-state index contributed by atoms with van der Waals surface area (Å²) >= 11 is 0. The first kappa shape index (κ1) is 10.6. The Morgan fingerprint density at radius 2 is 2.36 bits per heavy atom. The Kier molecular flexibility index (Phi) is 4.57. The van der Waals surface area contributed by atoms with E-state index < -0.39 is 5.82 Å². The van der Waals surface area contributed by atoms with Crippen molar-refractivity contribution in [3.63, 3.8) is 0 Å². The van der Waals surface area contributed by atoms with E-state index in [2.05, 4.69) is 24.8 Å². The molecule has 0 atom stereocenters. The van der Waals surface area contributed by atoms with E-state index in [9.17, 15) is 4.39 Å². The van der Waals surface area contributed by atoms with Gasteiger partial charge in [-0.15, -0.1) is 0 Å². The molecule has 1 radical (unpaired) electrons. The van der Waals surface area contributed by atoms with E-state index in [0.717, 1.165) is 12.8 Å². The van der Waals surface area contributed by atoms with Gasteiger partial charge in [-0.1, -0.05) is 30.9 Å². The fourth-order valence-electron chi connectivity index (χ4n) is 0.891. The van der Waals surface area contributed by atoms with Gasteiger partial charge in [-0.2, -0.15) is 0 Å². The highest BCUT2D eigenvalue weighted by molar-refractivity contribution is 5.23. The zero-order valence-corrected chi connectivity index (χ0v) is 8.14. The van der Waals surface area contributed by atoms with E-state index in [4.69, 9.17) is 4.74 Å². The maximum Gasteiger partial charge on any atom is 0.173 e. The lowest BCUT2D eigenvalue weighted by atomic mass is 10.3. The van der Waals surface area contributed by atoms with Crippen molar-refractivity contribution in [2.45, 2.75) is 19.8 Å². The fourth-order valence-corrected chi connectivity index (χ4v) is 0.891. The van der Waals surface area contributed by atoms with Crippen LogP contribution >= 0.6 is 0 Å². The zero-order valence-electron chi connectivity index (χ0n) is 8.14. The standard InChI is InChI=1S/C12H12FO/c1-2-3-4-7-10-14-12-9-6-5-8-11(12)13/h5-6,9H,2-3,10H2,1H3. The molecule has 0 aliphatic heterocycles. The van der Waals surface area contributed by atoms with Crippen molar-refractivity contribution in [1.29, 1.82) is 0 Å². The van der Waals surface area contributed by atoms with E-state index >= 15 is 0 Å². The first-order chi connectivity index (χ1) is 6.84. The minimum absolute atomic E-state index is 0.207. The lowest BCUT2D eigenvalue weighted by Crippen LogP contribution is -1.95. The molecule has 1 rings (SSSR count). The highest BCUT2D eigenvalue weighted by Crippen LogP contribution is 2.14. The molecule has 0 saturated heterocycles. The molecule has 0 heterocycles. The van der Waals surface area contributed by atoms with Crippen molar-refractivity contribution in [1.82, 2.24) is 0 Å². The molecule has 0 N–H and O–H groups in total. The van der Waals surface area contributed by atoms with Gasteiger partial charge in [-0.25, -0.2) is 4.39 Å². The van der Waals surface area contributed by atoms with Crippen LogP contribution < -0.4 is 4.74 Å². The predicted molar refractivity (Wildman–Crippen MR) is 53.4 cm³/mol. The van der Waals surface area contributed by atoms with Crippen molar-refractivity contribution >= 4 is 0 Å². The monoisotopic (exact) mass is 191 g/mol. The molecule has 1 nitrogen and oxygen atoms in total. The quantitative estimate of drug-likeness (QED) is 0.667. The molecule has 0 amide bonds. The first-order valence-corrected chi connectivity index (χ1v) is 4.59. The third-order valence-electron chi connectivity index (χ3n) is 1.57. The fraction of sp³-hybridized carbons (Fsp3) is 0.333. The minimum Gasteiger partial charge on any atom is -0.478 e. The van der Waals surface area contributed by atoms with Crippen molar-refractivity contribution < 1.29 is 9.13 Å². The molecule has 0 fully saturated rings. The van der Waals surface area contributed by atoms with Crippen LogP contribution in [-0.2, 0) is 0 Å². The highest BCUT2D eigenvalue weighted by Gasteiger charge is 1.99. The van der Waals surface area contributed by atoms with Crippen LogP contribution in [0.15, 0.2) is 18.2 Å². The summed E-state index contributed by atoms with van der Waals surface area (Å²) in [6.45, 7) is 2.29. The van der Waals surface area contributed by atoms with Gasteiger partial charge in [0.2, 0.25) is 0 Å². The summed E-state index contributed by atoms with van der Waals surface area (Å²) in [5, 5.41) is 0. The third kappa shape index (κ3) is 3.49. The van der Waals surface area contributed by atoms with Crippen molar-refractivity contribution in [3.8, 4) is 17.6 Å². The summed E-state index contributed by atoms with van der Waals surface area (Å²) in [4.78, 5) is 0. The van der Waals surface area contributed by atoms with E-state index in [-0.39, 0.29) is 12.4 Å². The molecule has 0 unspecified atom stereocenters. The van der Waals surface area contributed by atoms with Gasteiger partial charge in [0.15, 0.2) is 11.6 Å². The Bertz CT molecular complexity index is 336. The van der Waals surface area contributed by atoms with Crippen LogP contribution in [-0.4, -0.2) is 6.61 Å². The average Bonchev–Trinajstić information content (AvgIpc) is 2.20. The van der Waals surface area contributed by atoms with E-state index in [1.54, 1.807) is 12.1 Å². The van der Waals surface area contributed by atoms with Crippen molar-refractivity contribution in [2.75, 3.05) is 6.61 Å². The molecule has 1 aromatic rings. The maximum absolute atomic E-state index is 12.9. The van der Waals surface area contributed by atoms with E-state index in [0.29, 0.717) is 0 Å². The van der Waals surface area contributed by atoms with Crippen LogP contribution in [0.4, 0.5) is 4.39 Å². The number of halogens is 1. The van der Waals surface area contributed by atoms with Crippen molar-refractivity contribution in [2.24, 2.45) is 0 Å². The predicted octanol–water partition coefficient (Wildman–Crippen LogP) is 2.81. The summed E-state index contributed by atoms with van der Waals surface area (Å²) < 4.78 is 18.0. The molecule has 0 spiro atoms. The summed E-state index contributed by atoms with van der Waals surface area (Å²) in [5.41, 5.74) is 0. The number of unbranched alkanes of at least 4 members (excludes halogenated alkanes) is 1. The second kappa shape index (κ2) is 6.04. The van der Waals surface area contributed by atoms with Crippen LogP contribution in [0.3, 0.4) is 0 Å². The van der Waals surface area contributed by atoms with Crippen LogP contribution in [0, 0.1) is 23.7 Å². The maximum atomic E-state index is 12.9. The number of benzene rings is 1. The molecule has 1 aromatic carbocycles. The Morgan fingerprint density at radius 3 is 3.07 bits per heavy atom. The number of ether oxygens (including phenoxy) is 1. The topological polar surface area (TPSA) is 9.23 Å². The number of rotatable bonds is 3. The highest BCUT2D eigenvalue weighted by atomic mass is 19.1. The summed E-state index contributed by atoms with van der Waals surface area (Å²) in [6, 6.07) is 7.16. The molecule has 0 aliphatic rings. The van der Waals surface area contributed by atoms with Gasteiger partial charge in [0.1, 0.15) is 6.61 Å². The molecule has 0 saturated carbocycles. The Balaban J connectivity index is 2.40. The Labute approximate surface area is 83.9 Å². The van der Waals surface area contributed by atoms with Crippen LogP contribution in [0.5, 0.6) is 5.75 Å². The molecule has 0 aliphatic carbocycles. The molecule has 0 bridgehead atoms. The van der Waals surface area contributed by atoms with E-state index in [1.807, 2.05) is 0 Å². The number of hydrogen-bond acceptors (Lipinski definition) is 1. The molecule has 2 heteroatoms. The number of hydrogen-bond donors (Lipinski definition) is 0. The van der Waals surface area contributed by atoms with Gasteiger partial charge in [-0.05, 0) is 12.5 Å². The van der Waals surface area contributed by atoms with Gasteiger partial charge >= 0.3 is 0 Å². The molecule has 0 aromatic heterocycles. The molecule has 73 valence electrons. The van der Waals surface area contributed by atoms with Gasteiger partial charge in [0.05, 0.1) is 0 Å². The second-order valence-corrected chi connectivity index (χ2v) is 2.74.